The molecule has 0 bridgehead atoms. The molecule has 148 valence electrons. The number of ether oxygens (including phenoxy) is 1. The molecule has 2 heterocycles. The topological polar surface area (TPSA) is 95.4 Å². The first-order valence-corrected chi connectivity index (χ1v) is 9.60. The Bertz CT molecular complexity index is 1120. The minimum Gasteiger partial charge on any atom is -0.465 e. The molecule has 6 heteroatoms. The summed E-state index contributed by atoms with van der Waals surface area (Å²) < 4.78 is 10.9. The Labute approximate surface area is 168 Å². The fourth-order valence-electron chi connectivity index (χ4n) is 3.79. The summed E-state index contributed by atoms with van der Waals surface area (Å²) in [5.41, 5.74) is 9.06. The summed E-state index contributed by atoms with van der Waals surface area (Å²) in [5.74, 6) is -0.191. The molecule has 1 aliphatic rings. The van der Waals surface area contributed by atoms with Crippen LogP contribution in [0.3, 0.4) is 0 Å². The molecule has 4 rings (SSSR count). The monoisotopic (exact) mass is 390 g/mol. The molecule has 0 aliphatic heterocycles. The number of esters is 1. The predicted molar refractivity (Wildman–Crippen MR) is 110 cm³/mol. The Morgan fingerprint density at radius 2 is 2.03 bits per heavy atom. The van der Waals surface area contributed by atoms with E-state index < -0.39 is 18.0 Å². The van der Waals surface area contributed by atoms with Crippen molar-refractivity contribution in [3.05, 3.63) is 65.2 Å². The molecular formula is C23H22N2O4. The van der Waals surface area contributed by atoms with Gasteiger partial charge in [-0.05, 0) is 61.1 Å². The molecule has 3 aromatic rings. The molecule has 1 amide bonds. The number of amides is 1. The molecular weight excluding hydrogens is 368 g/mol. The van der Waals surface area contributed by atoms with Gasteiger partial charge < -0.3 is 14.9 Å². The van der Waals surface area contributed by atoms with Crippen molar-refractivity contribution in [2.75, 3.05) is 0 Å². The van der Waals surface area contributed by atoms with Crippen molar-refractivity contribution in [3.63, 3.8) is 0 Å². The van der Waals surface area contributed by atoms with E-state index in [9.17, 15) is 9.59 Å². The lowest BCUT2D eigenvalue weighted by Crippen LogP contribution is -2.31. The Kier molecular flexibility index (Phi) is 4.92. The van der Waals surface area contributed by atoms with E-state index in [0.29, 0.717) is 28.8 Å². The quantitative estimate of drug-likeness (QED) is 0.680. The average molecular weight is 390 g/mol. The zero-order valence-corrected chi connectivity index (χ0v) is 16.3. The predicted octanol–water partition coefficient (Wildman–Crippen LogP) is 3.98. The van der Waals surface area contributed by atoms with E-state index in [0.717, 1.165) is 29.0 Å². The molecule has 2 N–H and O–H groups in total. The van der Waals surface area contributed by atoms with Crippen LogP contribution in [0, 0.1) is 5.92 Å². The van der Waals surface area contributed by atoms with Gasteiger partial charge in [0.25, 0.3) is 5.91 Å². The number of allylic oxidation sites excluding steroid dienone is 1. The highest BCUT2D eigenvalue weighted by Crippen LogP contribution is 2.38. The van der Waals surface area contributed by atoms with Gasteiger partial charge in [-0.3, -0.25) is 4.79 Å². The number of benzene rings is 1. The van der Waals surface area contributed by atoms with Crippen LogP contribution in [-0.4, -0.2) is 23.0 Å². The van der Waals surface area contributed by atoms with Crippen LogP contribution in [0.5, 0.6) is 0 Å². The van der Waals surface area contributed by atoms with Crippen LogP contribution in [0.15, 0.2) is 47.1 Å². The second-order valence-electron chi connectivity index (χ2n) is 7.48. The molecule has 0 saturated heterocycles. The van der Waals surface area contributed by atoms with Gasteiger partial charge in [0.1, 0.15) is 5.76 Å². The number of hydrogen-bond acceptors (Lipinski definition) is 5. The number of fused-ring (bicyclic) bond motifs is 2. The van der Waals surface area contributed by atoms with Crippen molar-refractivity contribution in [1.29, 1.82) is 0 Å². The van der Waals surface area contributed by atoms with E-state index in [4.69, 9.17) is 19.9 Å². The van der Waals surface area contributed by atoms with Crippen molar-refractivity contribution < 1.29 is 18.7 Å². The highest BCUT2D eigenvalue weighted by atomic mass is 16.5. The second kappa shape index (κ2) is 7.54. The normalized spacial score (nSPS) is 18.4. The van der Waals surface area contributed by atoms with Crippen LogP contribution in [0.4, 0.5) is 0 Å². The van der Waals surface area contributed by atoms with E-state index in [-0.39, 0.29) is 0 Å². The zero-order chi connectivity index (χ0) is 20.5. The first-order chi connectivity index (χ1) is 13.9. The van der Waals surface area contributed by atoms with Gasteiger partial charge in [0, 0.05) is 5.39 Å². The molecule has 1 aromatic carbocycles. The van der Waals surface area contributed by atoms with Gasteiger partial charge in [-0.1, -0.05) is 25.1 Å². The second-order valence-corrected chi connectivity index (χ2v) is 7.48. The summed E-state index contributed by atoms with van der Waals surface area (Å²) in [4.78, 5) is 29.4. The average Bonchev–Trinajstić information content (AvgIpc) is 3.19. The lowest BCUT2D eigenvalue weighted by Gasteiger charge is -2.26. The number of rotatable bonds is 4. The Morgan fingerprint density at radius 1 is 1.24 bits per heavy atom. The largest absolute Gasteiger partial charge is 0.465 e. The van der Waals surface area contributed by atoms with Crippen LogP contribution in [0.25, 0.3) is 22.6 Å². The molecule has 2 aromatic heterocycles. The van der Waals surface area contributed by atoms with Crippen molar-refractivity contribution >= 4 is 34.4 Å². The maximum Gasteiger partial charge on any atom is 0.339 e. The summed E-state index contributed by atoms with van der Waals surface area (Å²) >= 11 is 0. The van der Waals surface area contributed by atoms with Crippen molar-refractivity contribution in [1.82, 2.24) is 4.98 Å². The molecule has 0 spiro atoms. The number of pyridine rings is 1. The third-order valence-corrected chi connectivity index (χ3v) is 5.17. The van der Waals surface area contributed by atoms with E-state index in [2.05, 4.69) is 6.92 Å². The number of para-hydroxylation sites is 1. The Morgan fingerprint density at radius 3 is 2.76 bits per heavy atom. The highest BCUT2D eigenvalue weighted by molar-refractivity contribution is 6.07. The van der Waals surface area contributed by atoms with Crippen molar-refractivity contribution in [2.24, 2.45) is 11.7 Å². The molecule has 2 atom stereocenters. The number of nitrogens with zero attached hydrogens (tertiary/aromatic N) is 1. The Hall–Kier alpha value is -3.41. The molecule has 6 nitrogen and oxygen atoms in total. The smallest absolute Gasteiger partial charge is 0.339 e. The minimum absolute atomic E-state index is 0.312. The molecule has 0 radical (unpaired) electrons. The fourth-order valence-corrected chi connectivity index (χ4v) is 3.79. The SMILES string of the molecule is C[C@@H]1CC(=Cc2ccco2)c2nc3ccccc3c(C(=O)O[C@H](C)C(N)=O)c2C1. The maximum atomic E-state index is 13.1. The maximum absolute atomic E-state index is 13.1. The van der Waals surface area contributed by atoms with Gasteiger partial charge in [-0.15, -0.1) is 0 Å². The van der Waals surface area contributed by atoms with Gasteiger partial charge >= 0.3 is 5.97 Å². The number of carbonyl (C=O) groups excluding carboxylic acids is 2. The summed E-state index contributed by atoms with van der Waals surface area (Å²) in [7, 11) is 0. The molecule has 0 unspecified atom stereocenters. The number of furan rings is 1. The fraction of sp³-hybridized carbons (Fsp3) is 0.261. The van der Waals surface area contributed by atoms with Crippen molar-refractivity contribution in [3.8, 4) is 0 Å². The van der Waals surface area contributed by atoms with Crippen LogP contribution < -0.4 is 5.73 Å². The number of aromatic nitrogens is 1. The van der Waals surface area contributed by atoms with Crippen molar-refractivity contribution in [2.45, 2.75) is 32.8 Å². The lowest BCUT2D eigenvalue weighted by molar-refractivity contribution is -0.125. The summed E-state index contributed by atoms with van der Waals surface area (Å²) in [5, 5.41) is 0.708. The highest BCUT2D eigenvalue weighted by Gasteiger charge is 2.30. The van der Waals surface area contributed by atoms with Crippen LogP contribution in [0.2, 0.25) is 0 Å². The summed E-state index contributed by atoms with van der Waals surface area (Å²) in [6.07, 6.45) is 4.10. The summed E-state index contributed by atoms with van der Waals surface area (Å²) in [6, 6.07) is 11.2. The zero-order valence-electron chi connectivity index (χ0n) is 16.3. The van der Waals surface area contributed by atoms with Crippen LogP contribution >= 0.6 is 0 Å². The van der Waals surface area contributed by atoms with Crippen LogP contribution in [0.1, 0.15) is 47.6 Å². The van der Waals surface area contributed by atoms with Gasteiger partial charge in [-0.2, -0.15) is 0 Å². The molecule has 29 heavy (non-hydrogen) atoms. The molecule has 0 saturated carbocycles. The van der Waals surface area contributed by atoms with E-state index in [1.54, 1.807) is 6.26 Å². The number of carbonyl (C=O) groups is 2. The third-order valence-electron chi connectivity index (χ3n) is 5.17. The summed E-state index contributed by atoms with van der Waals surface area (Å²) in [6.45, 7) is 3.61. The number of hydrogen-bond donors (Lipinski definition) is 1. The molecule has 0 fully saturated rings. The van der Waals surface area contributed by atoms with Gasteiger partial charge in [0.2, 0.25) is 0 Å². The van der Waals surface area contributed by atoms with Gasteiger partial charge in [-0.25, -0.2) is 9.78 Å². The van der Waals surface area contributed by atoms with E-state index in [1.807, 2.05) is 42.5 Å². The minimum atomic E-state index is -1.01. The first kappa shape index (κ1) is 18.9. The Balaban J connectivity index is 1.92. The first-order valence-electron chi connectivity index (χ1n) is 9.60. The number of nitrogens with two attached hydrogens (primary N) is 1. The van der Waals surface area contributed by atoms with E-state index >= 15 is 0 Å². The molecule has 1 aliphatic carbocycles. The van der Waals surface area contributed by atoms with E-state index in [1.165, 1.54) is 6.92 Å². The van der Waals surface area contributed by atoms with Gasteiger partial charge in [0.15, 0.2) is 6.10 Å². The standard InChI is InChI=1S/C23H22N2O4/c1-13-10-15(12-16-6-5-9-28-16)21-18(11-13)20(23(27)29-14(2)22(24)26)17-7-3-4-8-19(17)25-21/h3-9,12-14H,10-11H2,1-2H3,(H2,24,26)/t13-,14-/m1/s1. The van der Waals surface area contributed by atoms with Gasteiger partial charge in [0.05, 0.1) is 23.0 Å². The lowest BCUT2D eigenvalue weighted by atomic mass is 9.81. The third kappa shape index (κ3) is 3.66. The number of primary amides is 1. The van der Waals surface area contributed by atoms with Crippen LogP contribution in [-0.2, 0) is 16.0 Å².